The highest BCUT2D eigenvalue weighted by molar-refractivity contribution is 5.95. The molecule has 3 aromatic rings. The Balaban J connectivity index is 1.58. The molecule has 0 fully saturated rings. The van der Waals surface area contributed by atoms with E-state index in [-0.39, 0.29) is 18.2 Å². The number of pyridine rings is 2. The molecule has 0 aliphatic heterocycles. The molecule has 2 aromatic heterocycles. The minimum absolute atomic E-state index is 0.239. The van der Waals surface area contributed by atoms with Gasteiger partial charge < -0.3 is 14.8 Å². The third-order valence-corrected chi connectivity index (χ3v) is 4.28. The van der Waals surface area contributed by atoms with Gasteiger partial charge in [0.15, 0.2) is 0 Å². The average molecular weight is 405 g/mol. The first-order chi connectivity index (χ1) is 14.6. The highest BCUT2D eigenvalue weighted by Gasteiger charge is 2.14. The Morgan fingerprint density at radius 1 is 1.07 bits per heavy atom. The summed E-state index contributed by atoms with van der Waals surface area (Å²) in [6.07, 6.45) is 1.72. The van der Waals surface area contributed by atoms with E-state index < -0.39 is 5.97 Å². The van der Waals surface area contributed by atoms with E-state index in [4.69, 9.17) is 9.47 Å². The second-order valence-electron chi connectivity index (χ2n) is 6.49. The summed E-state index contributed by atoms with van der Waals surface area (Å²) >= 11 is 0. The molecule has 0 atom stereocenters. The molecule has 0 unspecified atom stereocenters. The Morgan fingerprint density at radius 2 is 1.93 bits per heavy atom. The molecule has 7 heteroatoms. The first kappa shape index (κ1) is 21.0. The van der Waals surface area contributed by atoms with E-state index in [2.05, 4.69) is 15.3 Å². The molecule has 0 spiro atoms. The molecule has 2 heterocycles. The van der Waals surface area contributed by atoms with Crippen LogP contribution in [-0.2, 0) is 17.9 Å². The number of rotatable bonds is 8. The molecule has 7 nitrogen and oxygen atoms in total. The molecule has 1 amide bonds. The maximum absolute atomic E-state index is 12.4. The van der Waals surface area contributed by atoms with E-state index in [0.717, 1.165) is 11.3 Å². The smallest absolute Gasteiger partial charge is 0.339 e. The molecule has 30 heavy (non-hydrogen) atoms. The molecule has 154 valence electrons. The van der Waals surface area contributed by atoms with E-state index in [1.54, 1.807) is 26.1 Å². The molecule has 0 radical (unpaired) electrons. The van der Waals surface area contributed by atoms with Crippen molar-refractivity contribution in [3.63, 3.8) is 0 Å². The van der Waals surface area contributed by atoms with Crippen molar-refractivity contribution in [2.45, 2.75) is 27.0 Å². The number of nitrogens with one attached hydrogen (secondary N) is 1. The summed E-state index contributed by atoms with van der Waals surface area (Å²) in [5.74, 6) is -0.0783. The van der Waals surface area contributed by atoms with Gasteiger partial charge in [0.05, 0.1) is 23.6 Å². The predicted octanol–water partition coefficient (Wildman–Crippen LogP) is 3.47. The van der Waals surface area contributed by atoms with Gasteiger partial charge in [-0.1, -0.05) is 18.2 Å². The summed E-state index contributed by atoms with van der Waals surface area (Å²) in [6, 6.07) is 16.2. The number of carbonyl (C=O) groups excluding carboxylic acids is 2. The number of esters is 1. The van der Waals surface area contributed by atoms with E-state index in [1.165, 1.54) is 6.07 Å². The van der Waals surface area contributed by atoms with Crippen molar-refractivity contribution < 1.29 is 19.1 Å². The zero-order valence-corrected chi connectivity index (χ0v) is 16.9. The second kappa shape index (κ2) is 10.2. The fraction of sp³-hybridized carbons (Fsp3) is 0.217. The number of aromatic nitrogens is 2. The molecule has 3 rings (SSSR count). The molecular formula is C23H23N3O4. The summed E-state index contributed by atoms with van der Waals surface area (Å²) in [5, 5.41) is 2.83. The molecule has 0 saturated carbocycles. The first-order valence-electron chi connectivity index (χ1n) is 9.61. The monoisotopic (exact) mass is 405 g/mol. The van der Waals surface area contributed by atoms with Crippen LogP contribution < -0.4 is 10.1 Å². The summed E-state index contributed by atoms with van der Waals surface area (Å²) < 4.78 is 10.7. The normalized spacial score (nSPS) is 10.3. The van der Waals surface area contributed by atoms with E-state index in [1.807, 2.05) is 42.5 Å². The van der Waals surface area contributed by atoms with Gasteiger partial charge in [-0.15, -0.1) is 0 Å². The Hall–Kier alpha value is -3.74. The lowest BCUT2D eigenvalue weighted by atomic mass is 10.1. The van der Waals surface area contributed by atoms with Gasteiger partial charge in [-0.3, -0.25) is 9.78 Å². The van der Waals surface area contributed by atoms with Gasteiger partial charge in [0, 0.05) is 12.7 Å². The fourth-order valence-electron chi connectivity index (χ4n) is 2.77. The zero-order valence-electron chi connectivity index (χ0n) is 16.9. The highest BCUT2D eigenvalue weighted by atomic mass is 16.5. The lowest BCUT2D eigenvalue weighted by Crippen LogP contribution is -2.24. The number of carbonyl (C=O) groups is 2. The van der Waals surface area contributed by atoms with Crippen LogP contribution >= 0.6 is 0 Å². The van der Waals surface area contributed by atoms with Crippen LogP contribution in [0.4, 0.5) is 0 Å². The number of hydrogen-bond donors (Lipinski definition) is 1. The van der Waals surface area contributed by atoms with Gasteiger partial charge in [-0.2, -0.15) is 0 Å². The summed E-state index contributed by atoms with van der Waals surface area (Å²) in [5.41, 5.74) is 2.77. The Labute approximate surface area is 175 Å². The predicted molar refractivity (Wildman–Crippen MR) is 111 cm³/mol. The number of nitrogens with zero attached hydrogens (tertiary/aromatic N) is 2. The van der Waals surface area contributed by atoms with Crippen LogP contribution in [0.25, 0.3) is 0 Å². The standard InChI is InChI=1S/C23H23N3O4/c1-3-29-23(28)20-10-11-21(26-16(20)2)22(27)25-14-17-7-6-9-19(13-17)30-15-18-8-4-5-12-24-18/h4-13H,3,14-15H2,1-2H3,(H,25,27). The molecule has 0 bridgehead atoms. The molecule has 0 aliphatic rings. The lowest BCUT2D eigenvalue weighted by molar-refractivity contribution is 0.0524. The topological polar surface area (TPSA) is 90.4 Å². The SMILES string of the molecule is CCOC(=O)c1ccc(C(=O)NCc2cccc(OCc3ccccn3)c2)nc1C. The largest absolute Gasteiger partial charge is 0.487 e. The van der Waals surface area contributed by atoms with Crippen molar-refractivity contribution in [1.82, 2.24) is 15.3 Å². The summed E-state index contributed by atoms with van der Waals surface area (Å²) in [4.78, 5) is 32.7. The van der Waals surface area contributed by atoms with Crippen LogP contribution in [0.3, 0.4) is 0 Å². The Morgan fingerprint density at radius 3 is 2.67 bits per heavy atom. The van der Waals surface area contributed by atoms with Crippen LogP contribution in [0.5, 0.6) is 5.75 Å². The van der Waals surface area contributed by atoms with Crippen LogP contribution in [0, 0.1) is 6.92 Å². The minimum atomic E-state index is -0.447. The van der Waals surface area contributed by atoms with E-state index in [9.17, 15) is 9.59 Å². The van der Waals surface area contributed by atoms with Crippen LogP contribution in [0.2, 0.25) is 0 Å². The maximum Gasteiger partial charge on any atom is 0.339 e. The minimum Gasteiger partial charge on any atom is -0.487 e. The number of benzene rings is 1. The molecule has 0 aliphatic carbocycles. The quantitative estimate of drug-likeness (QED) is 0.577. The Kier molecular flexibility index (Phi) is 7.10. The van der Waals surface area contributed by atoms with Crippen molar-refractivity contribution in [3.05, 3.63) is 89.0 Å². The summed E-state index contributed by atoms with van der Waals surface area (Å²) in [7, 11) is 0. The van der Waals surface area contributed by atoms with Crippen molar-refractivity contribution in [2.24, 2.45) is 0 Å². The maximum atomic E-state index is 12.4. The van der Waals surface area contributed by atoms with Crippen LogP contribution in [-0.4, -0.2) is 28.5 Å². The van der Waals surface area contributed by atoms with Crippen molar-refractivity contribution in [2.75, 3.05) is 6.61 Å². The molecular weight excluding hydrogens is 382 g/mol. The van der Waals surface area contributed by atoms with Crippen molar-refractivity contribution in [1.29, 1.82) is 0 Å². The van der Waals surface area contributed by atoms with Crippen molar-refractivity contribution >= 4 is 11.9 Å². The van der Waals surface area contributed by atoms with Crippen LogP contribution in [0.15, 0.2) is 60.8 Å². The lowest BCUT2D eigenvalue weighted by Gasteiger charge is -2.10. The van der Waals surface area contributed by atoms with Gasteiger partial charge in [0.2, 0.25) is 0 Å². The number of aryl methyl sites for hydroxylation is 1. The average Bonchev–Trinajstić information content (AvgIpc) is 2.77. The summed E-state index contributed by atoms with van der Waals surface area (Å²) in [6.45, 7) is 4.38. The third-order valence-electron chi connectivity index (χ3n) is 4.28. The zero-order chi connectivity index (χ0) is 21.3. The number of amides is 1. The number of hydrogen-bond acceptors (Lipinski definition) is 6. The highest BCUT2D eigenvalue weighted by Crippen LogP contribution is 2.15. The van der Waals surface area contributed by atoms with Crippen LogP contribution in [0.1, 0.15) is 44.7 Å². The molecule has 1 N–H and O–H groups in total. The van der Waals surface area contributed by atoms with Gasteiger partial charge in [0.25, 0.3) is 5.91 Å². The van der Waals surface area contributed by atoms with E-state index in [0.29, 0.717) is 30.2 Å². The second-order valence-corrected chi connectivity index (χ2v) is 6.49. The Bertz CT molecular complexity index is 1020. The fourth-order valence-corrected chi connectivity index (χ4v) is 2.77. The van der Waals surface area contributed by atoms with E-state index >= 15 is 0 Å². The third kappa shape index (κ3) is 5.64. The van der Waals surface area contributed by atoms with Gasteiger partial charge in [0.1, 0.15) is 18.1 Å². The molecule has 0 saturated heterocycles. The van der Waals surface area contributed by atoms with Crippen molar-refractivity contribution in [3.8, 4) is 5.75 Å². The van der Waals surface area contributed by atoms with Gasteiger partial charge in [-0.25, -0.2) is 9.78 Å². The molecule has 1 aromatic carbocycles. The number of ether oxygens (including phenoxy) is 2. The first-order valence-corrected chi connectivity index (χ1v) is 9.61. The van der Waals surface area contributed by atoms with Gasteiger partial charge in [-0.05, 0) is 55.8 Å². The van der Waals surface area contributed by atoms with Gasteiger partial charge >= 0.3 is 5.97 Å².